The summed E-state index contributed by atoms with van der Waals surface area (Å²) in [6, 6.07) is 0.272. The third-order valence-electron chi connectivity index (χ3n) is 6.66. The zero-order valence-electron chi connectivity index (χ0n) is 17.6. The quantitative estimate of drug-likeness (QED) is 0.632. The Morgan fingerprint density at radius 3 is 2.45 bits per heavy atom. The van der Waals surface area contributed by atoms with Crippen molar-refractivity contribution in [2.75, 3.05) is 18.0 Å². The first-order valence-electron chi connectivity index (χ1n) is 11.2. The van der Waals surface area contributed by atoms with Gasteiger partial charge in [-0.25, -0.2) is 9.89 Å². The number of anilines is 1. The van der Waals surface area contributed by atoms with E-state index in [4.69, 9.17) is 16.3 Å². The van der Waals surface area contributed by atoms with Crippen molar-refractivity contribution in [2.24, 2.45) is 5.92 Å². The maximum absolute atomic E-state index is 12.3. The van der Waals surface area contributed by atoms with Crippen LogP contribution in [0.3, 0.4) is 0 Å². The first-order chi connectivity index (χ1) is 15.0. The molecule has 0 unspecified atom stereocenters. The van der Waals surface area contributed by atoms with Gasteiger partial charge in [-0.05, 0) is 38.5 Å². The van der Waals surface area contributed by atoms with Crippen molar-refractivity contribution < 1.29 is 14.3 Å². The molecule has 3 aliphatic rings. The molecule has 1 atom stereocenters. The SMILES string of the molecule is O=C(N[C@H]1CC[C@H](NC(=O)C2CCCC2)CC1)O[C@@H]1CCN(c2cn[nH]c(=O)c2Cl)C1. The van der Waals surface area contributed by atoms with Crippen LogP contribution >= 0.6 is 11.6 Å². The minimum absolute atomic E-state index is 0.0657. The number of nitrogens with one attached hydrogen (secondary N) is 3. The van der Waals surface area contributed by atoms with Crippen LogP contribution in [-0.4, -0.2) is 53.5 Å². The normalized spacial score (nSPS) is 26.6. The number of alkyl carbamates (subject to hydrolysis) is 1. The molecule has 1 aromatic heterocycles. The van der Waals surface area contributed by atoms with Crippen LogP contribution in [0, 0.1) is 5.92 Å². The fraction of sp³-hybridized carbons (Fsp3) is 0.714. The lowest BCUT2D eigenvalue weighted by molar-refractivity contribution is -0.125. The smallest absolute Gasteiger partial charge is 0.407 e. The highest BCUT2D eigenvalue weighted by Crippen LogP contribution is 2.27. The average molecular weight is 452 g/mol. The van der Waals surface area contributed by atoms with Crippen LogP contribution in [0.25, 0.3) is 0 Å². The molecule has 3 fully saturated rings. The summed E-state index contributed by atoms with van der Waals surface area (Å²) in [6.45, 7) is 1.10. The van der Waals surface area contributed by atoms with Gasteiger partial charge in [0.1, 0.15) is 11.1 Å². The Hall–Kier alpha value is -2.29. The van der Waals surface area contributed by atoms with Crippen LogP contribution in [0.4, 0.5) is 10.5 Å². The van der Waals surface area contributed by atoms with Crippen LogP contribution in [-0.2, 0) is 9.53 Å². The summed E-state index contributed by atoms with van der Waals surface area (Å²) in [7, 11) is 0. The van der Waals surface area contributed by atoms with Crippen molar-refractivity contribution >= 4 is 29.3 Å². The van der Waals surface area contributed by atoms with Gasteiger partial charge in [-0.15, -0.1) is 0 Å². The Kier molecular flexibility index (Phi) is 6.99. The molecule has 1 aliphatic heterocycles. The van der Waals surface area contributed by atoms with E-state index in [9.17, 15) is 14.4 Å². The van der Waals surface area contributed by atoms with Crippen molar-refractivity contribution in [3.63, 3.8) is 0 Å². The van der Waals surface area contributed by atoms with E-state index in [1.54, 1.807) is 0 Å². The molecule has 2 aliphatic carbocycles. The molecule has 0 radical (unpaired) electrons. The maximum Gasteiger partial charge on any atom is 0.407 e. The highest BCUT2D eigenvalue weighted by Gasteiger charge is 2.30. The number of aromatic amines is 1. The second-order valence-electron chi connectivity index (χ2n) is 8.84. The Bertz CT molecular complexity index is 848. The maximum atomic E-state index is 12.3. The lowest BCUT2D eigenvalue weighted by atomic mass is 9.90. The predicted molar refractivity (Wildman–Crippen MR) is 116 cm³/mol. The highest BCUT2D eigenvalue weighted by molar-refractivity contribution is 6.33. The first kappa shape index (κ1) is 21.9. The van der Waals surface area contributed by atoms with Gasteiger partial charge < -0.3 is 20.3 Å². The molecule has 10 heteroatoms. The van der Waals surface area contributed by atoms with Gasteiger partial charge in [0.25, 0.3) is 5.56 Å². The number of rotatable bonds is 5. The minimum atomic E-state index is -0.434. The molecular weight excluding hydrogens is 422 g/mol. The molecule has 0 bridgehead atoms. The van der Waals surface area contributed by atoms with E-state index in [2.05, 4.69) is 20.8 Å². The number of hydrogen-bond acceptors (Lipinski definition) is 6. The molecule has 2 amide bonds. The second-order valence-corrected chi connectivity index (χ2v) is 9.22. The van der Waals surface area contributed by atoms with E-state index in [0.29, 0.717) is 25.2 Å². The van der Waals surface area contributed by atoms with E-state index < -0.39 is 11.7 Å². The summed E-state index contributed by atoms with van der Waals surface area (Å²) in [4.78, 5) is 38.2. The lowest BCUT2D eigenvalue weighted by Gasteiger charge is -2.30. The standard InChI is InChI=1S/C21H30ClN5O4/c22-18-17(11-23-26-20(18)29)27-10-9-16(12-27)31-21(30)25-15-7-5-14(6-8-15)24-19(28)13-3-1-2-4-13/h11,13-16H,1-10,12H2,(H,24,28)(H,25,30)(H,26,29)/t14-,15-,16-/m1/s1. The first-order valence-corrected chi connectivity index (χ1v) is 11.6. The van der Waals surface area contributed by atoms with E-state index >= 15 is 0 Å². The topological polar surface area (TPSA) is 116 Å². The van der Waals surface area contributed by atoms with Gasteiger partial charge in [-0.3, -0.25) is 9.59 Å². The van der Waals surface area contributed by atoms with Crippen molar-refractivity contribution in [2.45, 2.75) is 76.0 Å². The van der Waals surface area contributed by atoms with Gasteiger partial charge in [-0.1, -0.05) is 24.4 Å². The van der Waals surface area contributed by atoms with Gasteiger partial charge in [0.2, 0.25) is 5.91 Å². The Morgan fingerprint density at radius 1 is 1.06 bits per heavy atom. The van der Waals surface area contributed by atoms with Crippen LogP contribution in [0.15, 0.2) is 11.0 Å². The summed E-state index contributed by atoms with van der Waals surface area (Å²) >= 11 is 6.06. The number of nitrogens with zero attached hydrogens (tertiary/aromatic N) is 2. The molecular formula is C21H30ClN5O4. The number of hydrogen-bond donors (Lipinski definition) is 3. The molecule has 1 saturated heterocycles. The molecule has 2 heterocycles. The molecule has 9 nitrogen and oxygen atoms in total. The minimum Gasteiger partial charge on any atom is -0.444 e. The Balaban J connectivity index is 1.17. The van der Waals surface area contributed by atoms with Crippen LogP contribution in [0.1, 0.15) is 57.8 Å². The third-order valence-corrected chi connectivity index (χ3v) is 7.02. The zero-order chi connectivity index (χ0) is 21.8. The van der Waals surface area contributed by atoms with Gasteiger partial charge in [0.05, 0.1) is 18.4 Å². The van der Waals surface area contributed by atoms with E-state index in [0.717, 1.165) is 51.4 Å². The summed E-state index contributed by atoms with van der Waals surface area (Å²) < 4.78 is 5.58. The third kappa shape index (κ3) is 5.50. The van der Waals surface area contributed by atoms with Gasteiger partial charge in [0, 0.05) is 31.0 Å². The predicted octanol–water partition coefficient (Wildman–Crippen LogP) is 2.35. The van der Waals surface area contributed by atoms with Crippen molar-refractivity contribution in [3.05, 3.63) is 21.6 Å². The molecule has 3 N–H and O–H groups in total. The zero-order valence-corrected chi connectivity index (χ0v) is 18.3. The fourth-order valence-corrected chi connectivity index (χ4v) is 5.09. The summed E-state index contributed by atoms with van der Waals surface area (Å²) in [5.41, 5.74) is 0.117. The number of ether oxygens (including phenoxy) is 1. The van der Waals surface area contributed by atoms with E-state index in [1.807, 2.05) is 4.90 Å². The Labute approximate surface area is 186 Å². The van der Waals surface area contributed by atoms with Crippen LogP contribution in [0.5, 0.6) is 0 Å². The lowest BCUT2D eigenvalue weighted by Crippen LogP contribution is -2.45. The van der Waals surface area contributed by atoms with Gasteiger partial charge in [-0.2, -0.15) is 5.10 Å². The Morgan fingerprint density at radius 2 is 1.74 bits per heavy atom. The summed E-state index contributed by atoms with van der Waals surface area (Å²) in [5.74, 6) is 0.395. The monoisotopic (exact) mass is 451 g/mol. The number of aromatic nitrogens is 2. The van der Waals surface area contributed by atoms with E-state index in [1.165, 1.54) is 6.20 Å². The van der Waals surface area contributed by atoms with Crippen molar-refractivity contribution in [1.29, 1.82) is 0 Å². The van der Waals surface area contributed by atoms with Crippen molar-refractivity contribution in [3.8, 4) is 0 Å². The van der Waals surface area contributed by atoms with E-state index in [-0.39, 0.29) is 35.0 Å². The fourth-order valence-electron chi connectivity index (χ4n) is 4.88. The molecule has 1 aromatic rings. The number of H-pyrrole nitrogens is 1. The number of halogens is 1. The molecule has 31 heavy (non-hydrogen) atoms. The van der Waals surface area contributed by atoms with Gasteiger partial charge in [0.15, 0.2) is 0 Å². The molecule has 0 spiro atoms. The number of carbonyl (C=O) groups excluding carboxylic acids is 2. The summed E-state index contributed by atoms with van der Waals surface area (Å²) in [6.07, 6.45) is 9.22. The number of carbonyl (C=O) groups is 2. The second kappa shape index (κ2) is 9.89. The molecule has 4 rings (SSSR count). The van der Waals surface area contributed by atoms with Crippen LogP contribution < -0.4 is 21.1 Å². The van der Waals surface area contributed by atoms with Gasteiger partial charge >= 0.3 is 6.09 Å². The average Bonchev–Trinajstić information content (AvgIpc) is 3.44. The molecule has 170 valence electrons. The summed E-state index contributed by atoms with van der Waals surface area (Å²) in [5, 5.41) is 12.3. The van der Waals surface area contributed by atoms with Crippen molar-refractivity contribution in [1.82, 2.24) is 20.8 Å². The van der Waals surface area contributed by atoms with Crippen LogP contribution in [0.2, 0.25) is 5.02 Å². The largest absolute Gasteiger partial charge is 0.444 e. The molecule has 0 aromatic carbocycles. The highest BCUT2D eigenvalue weighted by atomic mass is 35.5. The number of amides is 2. The molecule has 2 saturated carbocycles.